The van der Waals surface area contributed by atoms with Gasteiger partial charge in [0.15, 0.2) is 0 Å². The van der Waals surface area contributed by atoms with Gasteiger partial charge in [-0.25, -0.2) is 9.18 Å². The largest absolute Gasteiger partial charge is 0.444 e. The molecule has 1 aromatic heterocycles. The predicted octanol–water partition coefficient (Wildman–Crippen LogP) is 3.89. The SMILES string of the molecule is Cc1c2c(cc3c(-c4ccccc4)cc(=O)oc13)C[NH+](CCc1ccc(F)cc1)CO2. The Morgan fingerprint density at radius 2 is 1.81 bits per heavy atom. The molecule has 0 amide bonds. The van der Waals surface area contributed by atoms with Crippen LogP contribution in [0.3, 0.4) is 0 Å². The zero-order chi connectivity index (χ0) is 21.4. The van der Waals surface area contributed by atoms with Crippen LogP contribution in [0.5, 0.6) is 5.75 Å². The van der Waals surface area contributed by atoms with Gasteiger partial charge in [-0.3, -0.25) is 4.90 Å². The van der Waals surface area contributed by atoms with Crippen molar-refractivity contribution < 1.29 is 18.4 Å². The first-order valence-electron chi connectivity index (χ1n) is 10.4. The lowest BCUT2D eigenvalue weighted by atomic mass is 9.97. The number of ether oxygens (including phenoxy) is 1. The highest BCUT2D eigenvalue weighted by Gasteiger charge is 2.25. The number of benzene rings is 3. The van der Waals surface area contributed by atoms with E-state index in [1.165, 1.54) is 17.0 Å². The lowest BCUT2D eigenvalue weighted by molar-refractivity contribution is -0.932. The van der Waals surface area contributed by atoms with Gasteiger partial charge in [0.25, 0.3) is 0 Å². The molecular weight excluding hydrogens is 393 g/mol. The Morgan fingerprint density at radius 3 is 2.58 bits per heavy atom. The molecule has 5 heteroatoms. The number of hydrogen-bond donors (Lipinski definition) is 1. The first-order chi connectivity index (χ1) is 15.1. The smallest absolute Gasteiger partial charge is 0.336 e. The van der Waals surface area contributed by atoms with Crippen LogP contribution in [0.4, 0.5) is 4.39 Å². The van der Waals surface area contributed by atoms with Crippen molar-refractivity contribution in [2.45, 2.75) is 19.9 Å². The number of hydrogen-bond acceptors (Lipinski definition) is 3. The van der Waals surface area contributed by atoms with Gasteiger partial charge in [-0.05, 0) is 41.8 Å². The molecule has 31 heavy (non-hydrogen) atoms. The zero-order valence-electron chi connectivity index (χ0n) is 17.3. The van der Waals surface area contributed by atoms with Gasteiger partial charge in [-0.1, -0.05) is 42.5 Å². The number of halogens is 1. The van der Waals surface area contributed by atoms with Gasteiger partial charge in [0.05, 0.1) is 6.54 Å². The molecule has 1 N–H and O–H groups in total. The molecule has 1 aliphatic rings. The molecule has 2 heterocycles. The summed E-state index contributed by atoms with van der Waals surface area (Å²) in [7, 11) is 0. The third-order valence-corrected chi connectivity index (χ3v) is 5.92. The van der Waals surface area contributed by atoms with Crippen LogP contribution >= 0.6 is 0 Å². The quantitative estimate of drug-likeness (QED) is 0.514. The summed E-state index contributed by atoms with van der Waals surface area (Å²) >= 11 is 0. The van der Waals surface area contributed by atoms with Crippen LogP contribution in [-0.4, -0.2) is 13.3 Å². The van der Waals surface area contributed by atoms with E-state index in [0.29, 0.717) is 12.3 Å². The minimum atomic E-state index is -0.364. The average Bonchev–Trinajstić information content (AvgIpc) is 2.79. The molecule has 1 aliphatic heterocycles. The Morgan fingerprint density at radius 1 is 1.03 bits per heavy atom. The summed E-state index contributed by atoms with van der Waals surface area (Å²) < 4.78 is 24.8. The van der Waals surface area contributed by atoms with Gasteiger partial charge in [-0.15, -0.1) is 0 Å². The summed E-state index contributed by atoms with van der Waals surface area (Å²) in [6.07, 6.45) is 0.852. The lowest BCUT2D eigenvalue weighted by Crippen LogP contribution is -3.12. The molecule has 3 aromatic carbocycles. The van der Waals surface area contributed by atoms with Crippen molar-refractivity contribution in [1.82, 2.24) is 0 Å². The van der Waals surface area contributed by atoms with Crippen molar-refractivity contribution in [2.24, 2.45) is 0 Å². The molecule has 1 atom stereocenters. The summed E-state index contributed by atoms with van der Waals surface area (Å²) in [5.74, 6) is 0.598. The monoisotopic (exact) mass is 416 g/mol. The van der Waals surface area contributed by atoms with Gasteiger partial charge < -0.3 is 9.15 Å². The maximum absolute atomic E-state index is 13.1. The normalized spacial score (nSPS) is 15.5. The summed E-state index contributed by atoms with van der Waals surface area (Å²) in [5, 5.41) is 0.922. The Balaban J connectivity index is 1.49. The van der Waals surface area contributed by atoms with E-state index >= 15 is 0 Å². The van der Waals surface area contributed by atoms with Gasteiger partial charge in [0.2, 0.25) is 6.73 Å². The second-order valence-corrected chi connectivity index (χ2v) is 8.05. The van der Waals surface area contributed by atoms with Gasteiger partial charge in [-0.2, -0.15) is 0 Å². The minimum absolute atomic E-state index is 0.213. The van der Waals surface area contributed by atoms with Crippen molar-refractivity contribution in [3.8, 4) is 16.9 Å². The molecule has 0 aliphatic carbocycles. The summed E-state index contributed by atoms with van der Waals surface area (Å²) in [6, 6.07) is 20.2. The van der Waals surface area contributed by atoms with Crippen LogP contribution in [0.15, 0.2) is 75.9 Å². The molecule has 1 unspecified atom stereocenters. The van der Waals surface area contributed by atoms with E-state index in [9.17, 15) is 9.18 Å². The van der Waals surface area contributed by atoms with Crippen molar-refractivity contribution in [3.05, 3.63) is 99.7 Å². The first-order valence-corrected chi connectivity index (χ1v) is 10.4. The molecule has 156 valence electrons. The maximum Gasteiger partial charge on any atom is 0.336 e. The highest BCUT2D eigenvalue weighted by Crippen LogP contribution is 2.36. The van der Waals surface area contributed by atoms with E-state index < -0.39 is 0 Å². The van der Waals surface area contributed by atoms with Crippen LogP contribution in [0.2, 0.25) is 0 Å². The zero-order valence-corrected chi connectivity index (χ0v) is 17.3. The number of aryl methyl sites for hydroxylation is 1. The average molecular weight is 416 g/mol. The molecule has 4 aromatic rings. The van der Waals surface area contributed by atoms with Gasteiger partial charge >= 0.3 is 5.63 Å². The minimum Gasteiger partial charge on any atom is -0.444 e. The van der Waals surface area contributed by atoms with Crippen molar-refractivity contribution >= 4 is 11.0 Å². The summed E-state index contributed by atoms with van der Waals surface area (Å²) in [6.45, 7) is 4.20. The Kier molecular flexibility index (Phi) is 5.04. The van der Waals surface area contributed by atoms with Crippen LogP contribution in [0.25, 0.3) is 22.1 Å². The molecule has 0 radical (unpaired) electrons. The van der Waals surface area contributed by atoms with Crippen LogP contribution in [-0.2, 0) is 13.0 Å². The Bertz CT molecular complexity index is 1300. The Labute approximate surface area is 179 Å². The molecular formula is C26H23FNO3+. The second kappa shape index (κ2) is 8.00. The number of rotatable bonds is 4. The molecule has 4 nitrogen and oxygen atoms in total. The number of fused-ring (bicyclic) bond motifs is 2. The van der Waals surface area contributed by atoms with Crippen LogP contribution in [0.1, 0.15) is 16.7 Å². The Hall–Kier alpha value is -3.44. The molecule has 5 rings (SSSR count). The first kappa shape index (κ1) is 19.5. The van der Waals surface area contributed by atoms with Crippen LogP contribution < -0.4 is 15.3 Å². The van der Waals surface area contributed by atoms with Crippen molar-refractivity contribution in [1.29, 1.82) is 0 Å². The molecule has 0 spiro atoms. The van der Waals surface area contributed by atoms with E-state index in [-0.39, 0.29) is 11.4 Å². The second-order valence-electron chi connectivity index (χ2n) is 8.05. The third kappa shape index (κ3) is 3.84. The fourth-order valence-electron chi connectivity index (χ4n) is 4.32. The highest BCUT2D eigenvalue weighted by atomic mass is 19.1. The molecule has 0 saturated carbocycles. The van der Waals surface area contributed by atoms with E-state index in [1.807, 2.05) is 49.4 Å². The maximum atomic E-state index is 13.1. The van der Waals surface area contributed by atoms with E-state index in [4.69, 9.17) is 9.15 Å². The number of nitrogens with one attached hydrogen (secondary N) is 1. The van der Waals surface area contributed by atoms with E-state index in [0.717, 1.165) is 58.5 Å². The van der Waals surface area contributed by atoms with Crippen molar-refractivity contribution in [3.63, 3.8) is 0 Å². The standard InChI is InChI=1S/C26H22FNO3/c1-17-25-20(15-28(16-30-25)12-11-18-7-9-21(27)10-8-18)13-23-22(14-24(29)31-26(17)23)19-5-3-2-4-6-19/h2-10,13-14H,11-12,15-16H2,1H3/p+1. The fourth-order valence-corrected chi connectivity index (χ4v) is 4.32. The molecule has 0 bridgehead atoms. The third-order valence-electron chi connectivity index (χ3n) is 5.92. The van der Waals surface area contributed by atoms with Gasteiger partial charge in [0, 0.05) is 29.0 Å². The fraction of sp³-hybridized carbons (Fsp3) is 0.192. The number of quaternary nitrogens is 1. The summed E-state index contributed by atoms with van der Waals surface area (Å²) in [5.41, 5.74) is 5.16. The van der Waals surface area contributed by atoms with E-state index in [2.05, 4.69) is 6.07 Å². The van der Waals surface area contributed by atoms with E-state index in [1.54, 1.807) is 6.07 Å². The molecule has 0 saturated heterocycles. The molecule has 0 fully saturated rings. The van der Waals surface area contributed by atoms with Gasteiger partial charge in [0.1, 0.15) is 23.7 Å². The summed E-state index contributed by atoms with van der Waals surface area (Å²) in [4.78, 5) is 13.6. The topological polar surface area (TPSA) is 43.9 Å². The lowest BCUT2D eigenvalue weighted by Gasteiger charge is -2.27. The van der Waals surface area contributed by atoms with Crippen LogP contribution in [0, 0.1) is 12.7 Å². The predicted molar refractivity (Wildman–Crippen MR) is 118 cm³/mol. The highest BCUT2D eigenvalue weighted by molar-refractivity contribution is 5.96. The van der Waals surface area contributed by atoms with Crippen molar-refractivity contribution in [2.75, 3.05) is 13.3 Å².